The fourth-order valence-electron chi connectivity index (χ4n) is 2.20. The minimum Gasteiger partial charge on any atom is -0.508 e. The van der Waals surface area contributed by atoms with Crippen molar-refractivity contribution in [2.24, 2.45) is 0 Å². The van der Waals surface area contributed by atoms with Crippen LogP contribution in [0.25, 0.3) is 0 Å². The molecule has 0 fully saturated rings. The van der Waals surface area contributed by atoms with Crippen LogP contribution in [-0.4, -0.2) is 21.8 Å². The molecule has 0 heterocycles. The number of aromatic hydroxyl groups is 2. The molecule has 0 bridgehead atoms. The number of Topliss-reactive ketones (excluding diaryl/α,β-unsaturated/α-hetero) is 1. The third kappa shape index (κ3) is 2.25. The van der Waals surface area contributed by atoms with Gasteiger partial charge in [-0.1, -0.05) is 6.07 Å². The molecule has 3 N–H and O–H groups in total. The van der Waals surface area contributed by atoms with Crippen molar-refractivity contribution in [2.45, 2.75) is 0 Å². The fraction of sp³-hybridized carbons (Fsp3) is 0. The molecule has 0 amide bonds. The lowest BCUT2D eigenvalue weighted by Gasteiger charge is -2.17. The Morgan fingerprint density at radius 3 is 2.33 bits per heavy atom. The normalized spacial score (nSPS) is 13.6. The molecule has 0 spiro atoms. The number of hydrogen-bond donors (Lipinski definition) is 3. The molecule has 5 heteroatoms. The average Bonchev–Trinajstić information content (AvgIpc) is 2.46. The highest BCUT2D eigenvalue weighted by Gasteiger charge is 2.27. The lowest BCUT2D eigenvalue weighted by molar-refractivity contribution is 0.0983. The largest absolute Gasteiger partial charge is 0.508 e. The Bertz CT molecular complexity index is 775. The van der Waals surface area contributed by atoms with Crippen molar-refractivity contribution < 1.29 is 19.8 Å². The molecule has 2 aromatic rings. The van der Waals surface area contributed by atoms with Crippen LogP contribution in [0.1, 0.15) is 20.7 Å². The van der Waals surface area contributed by atoms with E-state index in [4.69, 9.17) is 0 Å². The van der Waals surface area contributed by atoms with Gasteiger partial charge in [0.25, 0.3) is 0 Å². The van der Waals surface area contributed by atoms with Gasteiger partial charge in [0.1, 0.15) is 11.5 Å². The molecule has 0 radical (unpaired) electrons. The molecule has 0 aromatic heterocycles. The smallest absolute Gasteiger partial charge is 0.210 e. The van der Waals surface area contributed by atoms with Gasteiger partial charge in [-0.3, -0.25) is 9.59 Å². The molecule has 0 unspecified atom stereocenters. The molecule has 1 aliphatic rings. The molecule has 0 saturated heterocycles. The summed E-state index contributed by atoms with van der Waals surface area (Å²) in [5, 5.41) is 21.8. The Morgan fingerprint density at radius 2 is 1.62 bits per heavy atom. The van der Waals surface area contributed by atoms with Gasteiger partial charge >= 0.3 is 0 Å². The van der Waals surface area contributed by atoms with E-state index in [2.05, 4.69) is 5.32 Å². The van der Waals surface area contributed by atoms with Crippen molar-refractivity contribution in [1.29, 1.82) is 0 Å². The van der Waals surface area contributed by atoms with Crippen molar-refractivity contribution in [3.63, 3.8) is 0 Å². The number of rotatable bonds is 2. The summed E-state index contributed by atoms with van der Waals surface area (Å²) in [5.41, 5.74) is 0.898. The van der Waals surface area contributed by atoms with Gasteiger partial charge in [0.2, 0.25) is 5.78 Å². The summed E-state index contributed by atoms with van der Waals surface area (Å²) in [5.74, 6) is -0.890. The topological polar surface area (TPSA) is 86.6 Å². The Labute approximate surface area is 120 Å². The minimum absolute atomic E-state index is 0.0266. The summed E-state index contributed by atoms with van der Waals surface area (Å²) in [6.45, 7) is 0. The molecule has 0 atom stereocenters. The summed E-state index contributed by atoms with van der Waals surface area (Å²) in [6.07, 6.45) is 1.16. The van der Waals surface area contributed by atoms with Crippen LogP contribution in [0.2, 0.25) is 0 Å². The zero-order valence-corrected chi connectivity index (χ0v) is 10.8. The van der Waals surface area contributed by atoms with Crippen LogP contribution in [-0.2, 0) is 0 Å². The van der Waals surface area contributed by atoms with Gasteiger partial charge in [0.05, 0.1) is 11.3 Å². The zero-order chi connectivity index (χ0) is 15.0. The molecule has 3 rings (SSSR count). The Morgan fingerprint density at radius 1 is 0.905 bits per heavy atom. The number of benzene rings is 2. The van der Waals surface area contributed by atoms with Gasteiger partial charge in [0, 0.05) is 17.3 Å². The Hall–Kier alpha value is -3.08. The highest BCUT2D eigenvalue weighted by molar-refractivity contribution is 6.26. The van der Waals surface area contributed by atoms with E-state index >= 15 is 0 Å². The molecule has 2 aromatic carbocycles. The molecular formula is C16H11NO4. The third-order valence-electron chi connectivity index (χ3n) is 3.20. The lowest BCUT2D eigenvalue weighted by Crippen LogP contribution is -2.21. The molecule has 21 heavy (non-hydrogen) atoms. The highest BCUT2D eigenvalue weighted by atomic mass is 16.3. The first-order valence-corrected chi connectivity index (χ1v) is 6.25. The van der Waals surface area contributed by atoms with E-state index in [1.807, 2.05) is 0 Å². The van der Waals surface area contributed by atoms with Gasteiger partial charge in [-0.05, 0) is 36.4 Å². The second kappa shape index (κ2) is 4.79. The number of hydrogen-bond acceptors (Lipinski definition) is 5. The standard InChI is InChI=1S/C16H11NO4/c18-10-6-4-9(5-7-10)17-12-8-14(20)15-11(16(12)21)2-1-3-13(15)19/h1-8,17-19H. The maximum absolute atomic E-state index is 12.3. The molecule has 1 aliphatic carbocycles. The number of carbonyl (C=O) groups is 2. The summed E-state index contributed by atoms with van der Waals surface area (Å²) >= 11 is 0. The zero-order valence-electron chi connectivity index (χ0n) is 10.8. The van der Waals surface area contributed by atoms with E-state index in [9.17, 15) is 19.8 Å². The van der Waals surface area contributed by atoms with Crippen molar-refractivity contribution in [1.82, 2.24) is 0 Å². The summed E-state index contributed by atoms with van der Waals surface area (Å²) in [6, 6.07) is 10.5. The van der Waals surface area contributed by atoms with Crippen LogP contribution in [0, 0.1) is 0 Å². The predicted molar refractivity (Wildman–Crippen MR) is 76.6 cm³/mol. The number of carbonyl (C=O) groups excluding carboxylic acids is 2. The SMILES string of the molecule is O=C1C(Nc2ccc(O)cc2)=CC(=O)c2c(O)cccc21. The average molecular weight is 281 g/mol. The molecule has 0 saturated carbocycles. The summed E-state index contributed by atoms with van der Waals surface area (Å²) in [7, 11) is 0. The maximum Gasteiger partial charge on any atom is 0.210 e. The second-order valence-electron chi connectivity index (χ2n) is 4.62. The molecular weight excluding hydrogens is 270 g/mol. The predicted octanol–water partition coefficient (Wildman–Crippen LogP) is 2.47. The second-order valence-corrected chi connectivity index (χ2v) is 4.62. The first kappa shape index (κ1) is 12.9. The van der Waals surface area contributed by atoms with Crippen LogP contribution in [0.3, 0.4) is 0 Å². The van der Waals surface area contributed by atoms with E-state index in [0.29, 0.717) is 5.69 Å². The highest BCUT2D eigenvalue weighted by Crippen LogP contribution is 2.29. The van der Waals surface area contributed by atoms with Gasteiger partial charge < -0.3 is 15.5 Å². The fourth-order valence-corrected chi connectivity index (χ4v) is 2.20. The summed E-state index contributed by atoms with van der Waals surface area (Å²) < 4.78 is 0. The van der Waals surface area contributed by atoms with Crippen molar-refractivity contribution in [3.05, 3.63) is 65.4 Å². The quantitative estimate of drug-likeness (QED) is 0.736. The van der Waals surface area contributed by atoms with Crippen LogP contribution in [0.15, 0.2) is 54.2 Å². The minimum atomic E-state index is -0.427. The van der Waals surface area contributed by atoms with Crippen LogP contribution >= 0.6 is 0 Å². The van der Waals surface area contributed by atoms with Crippen LogP contribution in [0.4, 0.5) is 5.69 Å². The number of ketones is 2. The third-order valence-corrected chi connectivity index (χ3v) is 3.20. The van der Waals surface area contributed by atoms with E-state index in [1.54, 1.807) is 12.1 Å². The molecule has 5 nitrogen and oxygen atoms in total. The van der Waals surface area contributed by atoms with Crippen molar-refractivity contribution >= 4 is 17.3 Å². The summed E-state index contributed by atoms with van der Waals surface area (Å²) in [4.78, 5) is 24.4. The van der Waals surface area contributed by atoms with Gasteiger partial charge in [-0.15, -0.1) is 0 Å². The number of nitrogens with one attached hydrogen (secondary N) is 1. The van der Waals surface area contributed by atoms with E-state index < -0.39 is 5.78 Å². The van der Waals surface area contributed by atoms with Crippen LogP contribution < -0.4 is 5.32 Å². The number of allylic oxidation sites excluding steroid dienone is 2. The first-order valence-electron chi connectivity index (χ1n) is 6.25. The van der Waals surface area contributed by atoms with E-state index in [1.165, 1.54) is 30.3 Å². The molecule has 104 valence electrons. The number of phenolic OH excluding ortho intramolecular Hbond substituents is 2. The first-order chi connectivity index (χ1) is 10.1. The van der Waals surface area contributed by atoms with E-state index in [0.717, 1.165) is 6.08 Å². The van der Waals surface area contributed by atoms with Gasteiger partial charge in [-0.25, -0.2) is 0 Å². The number of phenols is 2. The van der Waals surface area contributed by atoms with Gasteiger partial charge in [-0.2, -0.15) is 0 Å². The number of fused-ring (bicyclic) bond motifs is 1. The van der Waals surface area contributed by atoms with Crippen molar-refractivity contribution in [3.8, 4) is 11.5 Å². The maximum atomic E-state index is 12.3. The number of anilines is 1. The Balaban J connectivity index is 1.97. The lowest BCUT2D eigenvalue weighted by atomic mass is 9.92. The van der Waals surface area contributed by atoms with Crippen LogP contribution in [0.5, 0.6) is 11.5 Å². The monoisotopic (exact) mass is 281 g/mol. The Kier molecular flexibility index (Phi) is 2.95. The van der Waals surface area contributed by atoms with E-state index in [-0.39, 0.29) is 34.1 Å². The van der Waals surface area contributed by atoms with Gasteiger partial charge in [0.15, 0.2) is 5.78 Å². The molecule has 0 aliphatic heterocycles. The van der Waals surface area contributed by atoms with Crippen molar-refractivity contribution in [2.75, 3.05) is 5.32 Å².